The number of fused-ring (bicyclic) bond motifs is 2. The maximum absolute atomic E-state index is 12.4. The highest BCUT2D eigenvalue weighted by molar-refractivity contribution is 5.93. The number of aromatic nitrogens is 3. The van der Waals surface area contributed by atoms with Gasteiger partial charge in [-0.15, -0.1) is 5.10 Å². The molecule has 0 bridgehead atoms. The first-order valence-electron chi connectivity index (χ1n) is 9.10. The van der Waals surface area contributed by atoms with Crippen molar-refractivity contribution in [1.82, 2.24) is 20.5 Å². The lowest BCUT2D eigenvalue weighted by molar-refractivity contribution is -0.127. The summed E-state index contributed by atoms with van der Waals surface area (Å²) in [6.45, 7) is -0.209. The third-order valence-electron chi connectivity index (χ3n) is 4.86. The number of aryl methyl sites for hydroxylation is 1. The van der Waals surface area contributed by atoms with Gasteiger partial charge in [-0.25, -0.2) is 4.79 Å². The van der Waals surface area contributed by atoms with E-state index in [4.69, 9.17) is 9.57 Å². The Bertz CT molecular complexity index is 1030. The van der Waals surface area contributed by atoms with Gasteiger partial charge in [0.15, 0.2) is 6.61 Å². The van der Waals surface area contributed by atoms with E-state index in [2.05, 4.69) is 27.8 Å². The summed E-state index contributed by atoms with van der Waals surface area (Å²) in [6.07, 6.45) is 2.97. The van der Waals surface area contributed by atoms with E-state index in [9.17, 15) is 9.59 Å². The van der Waals surface area contributed by atoms with Gasteiger partial charge in [-0.1, -0.05) is 29.1 Å². The van der Waals surface area contributed by atoms with Crippen molar-refractivity contribution in [3.63, 3.8) is 0 Å². The van der Waals surface area contributed by atoms with Crippen LogP contribution in [0.3, 0.4) is 0 Å². The van der Waals surface area contributed by atoms with Gasteiger partial charge in [0.05, 0.1) is 18.7 Å². The van der Waals surface area contributed by atoms with Crippen LogP contribution in [0, 0.1) is 0 Å². The van der Waals surface area contributed by atoms with Crippen LogP contribution in [0.5, 0.6) is 0 Å². The van der Waals surface area contributed by atoms with E-state index in [1.807, 2.05) is 12.1 Å². The third kappa shape index (κ3) is 3.53. The molecule has 0 saturated carbocycles. The molecule has 1 N–H and O–H groups in total. The van der Waals surface area contributed by atoms with Crippen molar-refractivity contribution in [2.24, 2.45) is 0 Å². The predicted molar refractivity (Wildman–Crippen MR) is 101 cm³/mol. The number of carbonyl (C=O) groups is 2. The van der Waals surface area contributed by atoms with Crippen LogP contribution in [0.15, 0.2) is 42.5 Å². The van der Waals surface area contributed by atoms with Crippen molar-refractivity contribution in [1.29, 1.82) is 0 Å². The Kier molecular flexibility index (Phi) is 4.92. The molecule has 144 valence electrons. The molecular weight excluding hydrogens is 360 g/mol. The second kappa shape index (κ2) is 7.67. The highest BCUT2D eigenvalue weighted by Crippen LogP contribution is 2.29. The minimum Gasteiger partial charge on any atom is -0.465 e. The zero-order chi connectivity index (χ0) is 19.5. The second-order valence-electron chi connectivity index (χ2n) is 6.64. The maximum atomic E-state index is 12.4. The fourth-order valence-electron chi connectivity index (χ4n) is 3.50. The molecule has 0 spiro atoms. The summed E-state index contributed by atoms with van der Waals surface area (Å²) in [6, 6.07) is 13.0. The highest BCUT2D eigenvalue weighted by atomic mass is 16.7. The molecular formula is C20H20N4O4. The van der Waals surface area contributed by atoms with Gasteiger partial charge >= 0.3 is 5.97 Å². The van der Waals surface area contributed by atoms with E-state index in [1.165, 1.54) is 12.7 Å². The molecule has 1 amide bonds. The van der Waals surface area contributed by atoms with E-state index in [0.717, 1.165) is 29.7 Å². The molecule has 1 aliphatic rings. The van der Waals surface area contributed by atoms with Crippen LogP contribution in [-0.2, 0) is 16.0 Å². The Morgan fingerprint density at radius 2 is 2.11 bits per heavy atom. The number of ether oxygens (including phenoxy) is 1. The summed E-state index contributed by atoms with van der Waals surface area (Å²) in [4.78, 5) is 30.8. The zero-order valence-corrected chi connectivity index (χ0v) is 15.4. The zero-order valence-electron chi connectivity index (χ0n) is 15.4. The number of hydrogen-bond donors (Lipinski definition) is 1. The monoisotopic (exact) mass is 380 g/mol. The number of benzene rings is 2. The number of esters is 1. The van der Waals surface area contributed by atoms with Crippen LogP contribution in [-0.4, -0.2) is 40.8 Å². The normalized spacial score (nSPS) is 15.7. The van der Waals surface area contributed by atoms with Crippen molar-refractivity contribution in [2.45, 2.75) is 25.3 Å². The first kappa shape index (κ1) is 18.0. The lowest BCUT2D eigenvalue weighted by Gasteiger charge is -2.26. The Labute approximate surface area is 161 Å². The maximum Gasteiger partial charge on any atom is 0.337 e. The first-order valence-corrected chi connectivity index (χ1v) is 9.10. The summed E-state index contributed by atoms with van der Waals surface area (Å²) in [5.74, 6) is -0.710. The average Bonchev–Trinajstić information content (AvgIpc) is 3.14. The molecule has 1 aliphatic carbocycles. The lowest BCUT2D eigenvalue weighted by Crippen LogP contribution is -2.36. The van der Waals surface area contributed by atoms with E-state index in [1.54, 1.807) is 18.2 Å². The van der Waals surface area contributed by atoms with E-state index >= 15 is 0 Å². The first-order chi connectivity index (χ1) is 13.7. The lowest BCUT2D eigenvalue weighted by atomic mass is 9.88. The smallest absolute Gasteiger partial charge is 0.337 e. The average molecular weight is 380 g/mol. The second-order valence-corrected chi connectivity index (χ2v) is 6.64. The molecule has 1 heterocycles. The molecule has 1 atom stereocenters. The van der Waals surface area contributed by atoms with Crippen molar-refractivity contribution in [3.8, 4) is 0 Å². The van der Waals surface area contributed by atoms with Gasteiger partial charge in [0.25, 0.3) is 5.91 Å². The van der Waals surface area contributed by atoms with Gasteiger partial charge in [-0.2, -0.15) is 0 Å². The fourth-order valence-corrected chi connectivity index (χ4v) is 3.50. The SMILES string of the molecule is COC(=O)c1ccc2nnn(OCC(=O)N[C@H]3CCCc4ccccc43)c2c1. The summed E-state index contributed by atoms with van der Waals surface area (Å²) in [7, 11) is 1.31. The van der Waals surface area contributed by atoms with E-state index < -0.39 is 5.97 Å². The molecule has 0 radical (unpaired) electrons. The highest BCUT2D eigenvalue weighted by Gasteiger charge is 2.21. The summed E-state index contributed by atoms with van der Waals surface area (Å²) in [5.41, 5.74) is 3.83. The van der Waals surface area contributed by atoms with Gasteiger partial charge in [0.1, 0.15) is 11.0 Å². The third-order valence-corrected chi connectivity index (χ3v) is 4.86. The number of carbonyl (C=O) groups excluding carboxylic acids is 2. The molecule has 28 heavy (non-hydrogen) atoms. The van der Waals surface area contributed by atoms with Crippen LogP contribution in [0.25, 0.3) is 11.0 Å². The van der Waals surface area contributed by atoms with Gasteiger partial charge < -0.3 is 14.9 Å². The summed E-state index contributed by atoms with van der Waals surface area (Å²) in [5, 5.41) is 10.9. The van der Waals surface area contributed by atoms with Crippen molar-refractivity contribution in [3.05, 3.63) is 59.2 Å². The number of nitrogens with one attached hydrogen (secondary N) is 1. The number of hydrogen-bond acceptors (Lipinski definition) is 6. The van der Waals surface area contributed by atoms with Crippen LogP contribution >= 0.6 is 0 Å². The minimum absolute atomic E-state index is 0.0144. The van der Waals surface area contributed by atoms with Crippen LogP contribution < -0.4 is 10.2 Å². The van der Waals surface area contributed by atoms with Crippen molar-refractivity contribution < 1.29 is 19.2 Å². The van der Waals surface area contributed by atoms with E-state index in [-0.39, 0.29) is 18.6 Å². The van der Waals surface area contributed by atoms with Gasteiger partial charge in [0.2, 0.25) is 0 Å². The number of amides is 1. The standard InChI is InChI=1S/C20H20N4O4/c1-27-20(26)14-9-10-17-18(11-14)24(23-22-17)28-12-19(25)21-16-8-4-6-13-5-2-3-7-15(13)16/h2-3,5,7,9-11,16H,4,6,8,12H2,1H3,(H,21,25)/t16-/m0/s1. The predicted octanol–water partition coefficient (Wildman–Crippen LogP) is 1.84. The van der Waals surface area contributed by atoms with Gasteiger partial charge in [-0.05, 0) is 53.8 Å². The number of methoxy groups -OCH3 is 1. The van der Waals surface area contributed by atoms with E-state index in [0.29, 0.717) is 16.6 Å². The van der Waals surface area contributed by atoms with Crippen LogP contribution in [0.2, 0.25) is 0 Å². The summed E-state index contributed by atoms with van der Waals surface area (Å²) >= 11 is 0. The van der Waals surface area contributed by atoms with Gasteiger partial charge in [0, 0.05) is 0 Å². The fraction of sp³-hybridized carbons (Fsp3) is 0.300. The Hall–Kier alpha value is -3.42. The summed E-state index contributed by atoms with van der Waals surface area (Å²) < 4.78 is 4.72. The molecule has 8 heteroatoms. The Morgan fingerprint density at radius 1 is 1.25 bits per heavy atom. The molecule has 8 nitrogen and oxygen atoms in total. The topological polar surface area (TPSA) is 95.3 Å². The molecule has 2 aromatic carbocycles. The van der Waals surface area contributed by atoms with Crippen molar-refractivity contribution >= 4 is 22.9 Å². The molecule has 3 aromatic rings. The van der Waals surface area contributed by atoms with Crippen LogP contribution in [0.1, 0.15) is 40.4 Å². The Balaban J connectivity index is 1.43. The van der Waals surface area contributed by atoms with Gasteiger partial charge in [-0.3, -0.25) is 4.79 Å². The van der Waals surface area contributed by atoms with Crippen molar-refractivity contribution in [2.75, 3.05) is 13.7 Å². The molecule has 0 fully saturated rings. The van der Waals surface area contributed by atoms with Crippen LogP contribution in [0.4, 0.5) is 0 Å². The molecule has 0 unspecified atom stereocenters. The largest absolute Gasteiger partial charge is 0.465 e. The number of rotatable bonds is 5. The minimum atomic E-state index is -0.469. The molecule has 1 aromatic heterocycles. The Morgan fingerprint density at radius 3 is 2.96 bits per heavy atom. The quantitative estimate of drug-likeness (QED) is 0.679. The molecule has 4 rings (SSSR count). The molecule has 0 aliphatic heterocycles. The number of nitrogens with zero attached hydrogens (tertiary/aromatic N) is 3. The molecule has 0 saturated heterocycles.